The molecule has 0 aliphatic rings. The molecular weight excluding hydrogens is 226 g/mol. The van der Waals surface area contributed by atoms with Crippen LogP contribution in [0.15, 0.2) is 6.20 Å². The Labute approximate surface area is 101 Å². The van der Waals surface area contributed by atoms with Gasteiger partial charge in [0.05, 0.1) is 6.20 Å². The number of anilines is 2. The van der Waals surface area contributed by atoms with Gasteiger partial charge in [-0.05, 0) is 34.0 Å². The highest BCUT2D eigenvalue weighted by molar-refractivity contribution is 6.32. The lowest BCUT2D eigenvalue weighted by atomic mass is 10.2. The van der Waals surface area contributed by atoms with Gasteiger partial charge in [0.25, 0.3) is 0 Å². The number of nitrogens with zero attached hydrogens (tertiary/aromatic N) is 3. The summed E-state index contributed by atoms with van der Waals surface area (Å²) in [7, 11) is 4.09. The van der Waals surface area contributed by atoms with Crippen LogP contribution in [0.25, 0.3) is 0 Å². The zero-order chi connectivity index (χ0) is 12.1. The second kappa shape index (κ2) is 5.86. The van der Waals surface area contributed by atoms with Crippen LogP contribution in [0.1, 0.15) is 13.3 Å². The van der Waals surface area contributed by atoms with Gasteiger partial charge in [-0.3, -0.25) is 0 Å². The first-order valence-electron chi connectivity index (χ1n) is 5.18. The SMILES string of the molecule is CC(CCN(C)C)Nc1nc(N)ncc1Cl. The Hall–Kier alpha value is -1.07. The van der Waals surface area contributed by atoms with E-state index in [1.54, 1.807) is 0 Å². The average molecular weight is 244 g/mol. The van der Waals surface area contributed by atoms with Crippen LogP contribution in [0.5, 0.6) is 0 Å². The number of hydrogen-bond acceptors (Lipinski definition) is 5. The maximum Gasteiger partial charge on any atom is 0.222 e. The Morgan fingerprint density at radius 2 is 2.25 bits per heavy atom. The third-order valence-electron chi connectivity index (χ3n) is 2.16. The van der Waals surface area contributed by atoms with E-state index in [1.165, 1.54) is 6.20 Å². The van der Waals surface area contributed by atoms with Crippen molar-refractivity contribution in [1.29, 1.82) is 0 Å². The van der Waals surface area contributed by atoms with Gasteiger partial charge in [0.2, 0.25) is 5.95 Å². The molecule has 0 aliphatic heterocycles. The van der Waals surface area contributed by atoms with Gasteiger partial charge in [0.1, 0.15) is 5.02 Å². The Morgan fingerprint density at radius 3 is 2.88 bits per heavy atom. The first-order chi connectivity index (χ1) is 7.49. The summed E-state index contributed by atoms with van der Waals surface area (Å²) in [5.74, 6) is 0.826. The highest BCUT2D eigenvalue weighted by Crippen LogP contribution is 2.19. The molecule has 0 radical (unpaired) electrons. The molecule has 5 nitrogen and oxygen atoms in total. The van der Waals surface area contributed by atoms with Crippen molar-refractivity contribution in [1.82, 2.24) is 14.9 Å². The predicted octanol–water partition coefficient (Wildman–Crippen LogP) is 1.46. The normalized spacial score (nSPS) is 12.8. The molecule has 6 heteroatoms. The minimum atomic E-state index is 0.228. The molecule has 1 heterocycles. The zero-order valence-corrected chi connectivity index (χ0v) is 10.6. The molecule has 0 aliphatic carbocycles. The van der Waals surface area contributed by atoms with Crippen molar-refractivity contribution in [3.05, 3.63) is 11.2 Å². The number of aromatic nitrogens is 2. The topological polar surface area (TPSA) is 67.1 Å². The molecular formula is C10H18ClN5. The van der Waals surface area contributed by atoms with Crippen molar-refractivity contribution in [3.8, 4) is 0 Å². The first kappa shape index (κ1) is 13.0. The molecule has 1 aromatic heterocycles. The van der Waals surface area contributed by atoms with Crippen LogP contribution >= 0.6 is 11.6 Å². The van der Waals surface area contributed by atoms with Gasteiger partial charge >= 0.3 is 0 Å². The molecule has 1 unspecified atom stereocenters. The Kier molecular flexibility index (Phi) is 4.76. The number of nitrogen functional groups attached to an aromatic ring is 1. The standard InChI is InChI=1S/C10H18ClN5/c1-7(4-5-16(2)3)14-9-8(11)6-13-10(12)15-9/h6-7H,4-5H2,1-3H3,(H3,12,13,14,15). The summed E-state index contributed by atoms with van der Waals surface area (Å²) < 4.78 is 0. The number of rotatable bonds is 5. The molecule has 1 atom stereocenters. The molecule has 0 saturated carbocycles. The number of nitrogens with two attached hydrogens (primary N) is 1. The van der Waals surface area contributed by atoms with E-state index in [2.05, 4.69) is 27.1 Å². The van der Waals surface area contributed by atoms with E-state index in [-0.39, 0.29) is 12.0 Å². The maximum atomic E-state index is 5.95. The van der Waals surface area contributed by atoms with E-state index in [0.29, 0.717) is 10.8 Å². The van der Waals surface area contributed by atoms with Crippen molar-refractivity contribution in [2.24, 2.45) is 0 Å². The molecule has 0 saturated heterocycles. The fraction of sp³-hybridized carbons (Fsp3) is 0.600. The molecule has 0 amide bonds. The van der Waals surface area contributed by atoms with Gasteiger partial charge in [-0.1, -0.05) is 11.6 Å². The fourth-order valence-corrected chi connectivity index (χ4v) is 1.39. The van der Waals surface area contributed by atoms with Crippen molar-refractivity contribution in [2.75, 3.05) is 31.7 Å². The van der Waals surface area contributed by atoms with Crippen LogP contribution < -0.4 is 11.1 Å². The third kappa shape index (κ3) is 4.20. The Morgan fingerprint density at radius 1 is 1.56 bits per heavy atom. The van der Waals surface area contributed by atoms with Gasteiger partial charge < -0.3 is 16.0 Å². The molecule has 0 aromatic carbocycles. The lowest BCUT2D eigenvalue weighted by molar-refractivity contribution is 0.390. The van der Waals surface area contributed by atoms with E-state index < -0.39 is 0 Å². The summed E-state index contributed by atoms with van der Waals surface area (Å²) in [5.41, 5.74) is 5.50. The molecule has 16 heavy (non-hydrogen) atoms. The lowest BCUT2D eigenvalue weighted by Gasteiger charge is -2.17. The van der Waals surface area contributed by atoms with Crippen molar-refractivity contribution in [2.45, 2.75) is 19.4 Å². The summed E-state index contributed by atoms with van der Waals surface area (Å²) >= 11 is 5.95. The van der Waals surface area contributed by atoms with Crippen molar-refractivity contribution >= 4 is 23.4 Å². The van der Waals surface area contributed by atoms with Gasteiger partial charge in [0, 0.05) is 6.04 Å². The molecule has 0 fully saturated rings. The Bertz CT molecular complexity index is 342. The average Bonchev–Trinajstić information content (AvgIpc) is 2.20. The largest absolute Gasteiger partial charge is 0.368 e. The summed E-state index contributed by atoms with van der Waals surface area (Å²) in [6, 6.07) is 0.286. The number of halogens is 1. The van der Waals surface area contributed by atoms with Crippen LogP contribution in [0.3, 0.4) is 0 Å². The number of hydrogen-bond donors (Lipinski definition) is 2. The smallest absolute Gasteiger partial charge is 0.222 e. The fourth-order valence-electron chi connectivity index (χ4n) is 1.24. The van der Waals surface area contributed by atoms with Crippen LogP contribution in [0, 0.1) is 0 Å². The van der Waals surface area contributed by atoms with Crippen LogP contribution in [-0.2, 0) is 0 Å². The van der Waals surface area contributed by atoms with Crippen molar-refractivity contribution < 1.29 is 0 Å². The second-order valence-electron chi connectivity index (χ2n) is 4.06. The highest BCUT2D eigenvalue weighted by atomic mass is 35.5. The van der Waals surface area contributed by atoms with E-state index >= 15 is 0 Å². The quantitative estimate of drug-likeness (QED) is 0.820. The lowest BCUT2D eigenvalue weighted by Crippen LogP contribution is -2.23. The van der Waals surface area contributed by atoms with Crippen LogP contribution in [0.2, 0.25) is 5.02 Å². The minimum Gasteiger partial charge on any atom is -0.368 e. The van der Waals surface area contributed by atoms with E-state index in [0.717, 1.165) is 13.0 Å². The van der Waals surface area contributed by atoms with E-state index in [9.17, 15) is 0 Å². The summed E-state index contributed by atoms with van der Waals surface area (Å²) in [4.78, 5) is 9.99. The van der Waals surface area contributed by atoms with E-state index in [1.807, 2.05) is 14.1 Å². The highest BCUT2D eigenvalue weighted by Gasteiger charge is 2.08. The first-order valence-corrected chi connectivity index (χ1v) is 5.56. The maximum absolute atomic E-state index is 5.95. The summed E-state index contributed by atoms with van der Waals surface area (Å²) in [6.45, 7) is 3.09. The molecule has 90 valence electrons. The summed E-state index contributed by atoms with van der Waals surface area (Å²) in [6.07, 6.45) is 2.51. The monoisotopic (exact) mass is 243 g/mol. The van der Waals surface area contributed by atoms with Crippen LogP contribution in [0.4, 0.5) is 11.8 Å². The number of nitrogens with one attached hydrogen (secondary N) is 1. The molecule has 1 rings (SSSR count). The van der Waals surface area contributed by atoms with Gasteiger partial charge in [-0.15, -0.1) is 0 Å². The summed E-state index contributed by atoms with van der Waals surface area (Å²) in [5, 5.41) is 3.71. The molecule has 1 aromatic rings. The second-order valence-corrected chi connectivity index (χ2v) is 4.47. The molecule has 3 N–H and O–H groups in total. The van der Waals surface area contributed by atoms with Crippen LogP contribution in [-0.4, -0.2) is 41.5 Å². The zero-order valence-electron chi connectivity index (χ0n) is 9.87. The molecule has 0 bridgehead atoms. The Balaban J connectivity index is 2.55. The molecule has 0 spiro atoms. The predicted molar refractivity (Wildman–Crippen MR) is 67.7 cm³/mol. The third-order valence-corrected chi connectivity index (χ3v) is 2.43. The van der Waals surface area contributed by atoms with Gasteiger partial charge in [0.15, 0.2) is 5.82 Å². The van der Waals surface area contributed by atoms with Gasteiger partial charge in [-0.2, -0.15) is 4.98 Å². The van der Waals surface area contributed by atoms with Gasteiger partial charge in [-0.25, -0.2) is 4.98 Å². The minimum absolute atomic E-state index is 0.228. The van der Waals surface area contributed by atoms with E-state index in [4.69, 9.17) is 17.3 Å². The van der Waals surface area contributed by atoms with Crippen molar-refractivity contribution in [3.63, 3.8) is 0 Å².